The van der Waals surface area contributed by atoms with Gasteiger partial charge in [0.15, 0.2) is 0 Å². The minimum atomic E-state index is -1.20. The second-order valence-corrected chi connectivity index (χ2v) is 5.66. The van der Waals surface area contributed by atoms with Crippen molar-refractivity contribution in [2.75, 3.05) is 5.32 Å². The van der Waals surface area contributed by atoms with Gasteiger partial charge in [-0.25, -0.2) is 4.79 Å². The number of amides is 1. The van der Waals surface area contributed by atoms with Crippen LogP contribution in [0.1, 0.15) is 32.3 Å². The van der Waals surface area contributed by atoms with E-state index < -0.39 is 23.8 Å². The van der Waals surface area contributed by atoms with Gasteiger partial charge in [0.05, 0.1) is 5.57 Å². The molecule has 2 unspecified atom stereocenters. The molecule has 0 bridgehead atoms. The Morgan fingerprint density at radius 2 is 1.83 bits per heavy atom. The molecule has 0 saturated carbocycles. The molecule has 0 spiro atoms. The maximum absolute atomic E-state index is 11.7. The normalized spacial score (nSPS) is 20.4. The minimum absolute atomic E-state index is 0.0482. The summed E-state index contributed by atoms with van der Waals surface area (Å²) in [5.74, 6) is -4.57. The minimum Gasteiger partial charge on any atom is -0.481 e. The lowest BCUT2D eigenvalue weighted by molar-refractivity contribution is -0.140. The predicted molar refractivity (Wildman–Crippen MR) is 88.1 cm³/mol. The highest BCUT2D eigenvalue weighted by molar-refractivity contribution is 6.06. The van der Waals surface area contributed by atoms with Gasteiger partial charge in [-0.05, 0) is 31.5 Å². The molecule has 1 aliphatic rings. The van der Waals surface area contributed by atoms with Crippen LogP contribution in [0.25, 0.3) is 0 Å². The van der Waals surface area contributed by atoms with Crippen LogP contribution in [0.15, 0.2) is 40.5 Å². The molecule has 1 heterocycles. The van der Waals surface area contributed by atoms with Crippen molar-refractivity contribution in [3.05, 3.63) is 41.1 Å². The van der Waals surface area contributed by atoms with E-state index in [1.165, 1.54) is 6.92 Å². The van der Waals surface area contributed by atoms with Crippen molar-refractivity contribution in [3.8, 4) is 0 Å². The number of nitrogens with one attached hydrogen (secondary N) is 1. The van der Waals surface area contributed by atoms with Crippen LogP contribution in [0.2, 0.25) is 0 Å². The molecule has 1 aromatic carbocycles. The average Bonchev–Trinajstić information content (AvgIpc) is 2.44. The first kappa shape index (κ1) is 17.4. The zero-order valence-electron chi connectivity index (χ0n) is 13.5. The largest absolute Gasteiger partial charge is 0.481 e. The van der Waals surface area contributed by atoms with Crippen LogP contribution in [-0.2, 0) is 14.4 Å². The van der Waals surface area contributed by atoms with Gasteiger partial charge in [0.1, 0.15) is 5.92 Å². The maximum Gasteiger partial charge on any atom is 0.334 e. The Morgan fingerprint density at radius 3 is 2.38 bits per heavy atom. The quantitative estimate of drug-likeness (QED) is 0.783. The van der Waals surface area contributed by atoms with Crippen LogP contribution >= 0.6 is 0 Å². The Labute approximate surface area is 138 Å². The Kier molecular flexibility index (Phi) is 4.82. The van der Waals surface area contributed by atoms with Gasteiger partial charge in [-0.15, -0.1) is 0 Å². The lowest BCUT2D eigenvalue weighted by atomic mass is 9.75. The molecule has 0 fully saturated rings. The fraction of sp³-hybridized carbons (Fsp3) is 0.294. The van der Waals surface area contributed by atoms with Crippen molar-refractivity contribution >= 4 is 29.2 Å². The highest BCUT2D eigenvalue weighted by atomic mass is 16.4. The molecular formula is C17H18N2O5. The predicted octanol–water partition coefficient (Wildman–Crippen LogP) is 2.26. The highest BCUT2D eigenvalue weighted by Crippen LogP contribution is 2.39. The van der Waals surface area contributed by atoms with Crippen LogP contribution in [0, 0.1) is 5.92 Å². The number of aliphatic imine (C=N–C) groups is 1. The summed E-state index contributed by atoms with van der Waals surface area (Å²) in [5.41, 5.74) is 1.56. The summed E-state index contributed by atoms with van der Waals surface area (Å²) in [4.78, 5) is 38.7. The Morgan fingerprint density at radius 1 is 1.17 bits per heavy atom. The van der Waals surface area contributed by atoms with E-state index in [-0.39, 0.29) is 17.2 Å². The van der Waals surface area contributed by atoms with E-state index in [0.29, 0.717) is 17.0 Å². The number of allylic oxidation sites excluding steroid dienone is 1. The number of carbonyl (C=O) groups is 3. The first-order valence-corrected chi connectivity index (χ1v) is 7.32. The summed E-state index contributed by atoms with van der Waals surface area (Å²) >= 11 is 0. The van der Waals surface area contributed by atoms with Gasteiger partial charge in [-0.2, -0.15) is 0 Å². The fourth-order valence-corrected chi connectivity index (χ4v) is 3.01. The van der Waals surface area contributed by atoms with E-state index in [4.69, 9.17) is 0 Å². The summed E-state index contributed by atoms with van der Waals surface area (Å²) in [6, 6.07) is 6.55. The number of carboxylic acids is 2. The van der Waals surface area contributed by atoms with Crippen molar-refractivity contribution in [1.29, 1.82) is 0 Å². The van der Waals surface area contributed by atoms with Crippen LogP contribution in [0.5, 0.6) is 0 Å². The van der Waals surface area contributed by atoms with Crippen molar-refractivity contribution in [1.82, 2.24) is 0 Å². The standard InChI is InChI=1S/C17H18N2O5/c1-8-13(16(21)22)15(14(17(23)24)9(2)18-8)11-5-4-6-12(7-11)19-10(3)20/h4-7,13,15H,1-3H3,(H,19,20)(H,21,22)(H,23,24). The van der Waals surface area contributed by atoms with Crippen molar-refractivity contribution in [2.45, 2.75) is 26.7 Å². The molecule has 2 atom stereocenters. The molecule has 0 saturated heterocycles. The molecule has 1 amide bonds. The number of hydrogen-bond donors (Lipinski definition) is 3. The summed E-state index contributed by atoms with van der Waals surface area (Å²) in [7, 11) is 0. The van der Waals surface area contributed by atoms with E-state index in [0.717, 1.165) is 0 Å². The SMILES string of the molecule is CC(=O)Nc1cccc(C2C(C(=O)O)=C(C)N=C(C)C2C(=O)O)c1. The number of nitrogens with zero attached hydrogens (tertiary/aromatic N) is 1. The number of aliphatic carboxylic acids is 2. The molecule has 24 heavy (non-hydrogen) atoms. The van der Waals surface area contributed by atoms with Gasteiger partial charge in [-0.3, -0.25) is 14.6 Å². The van der Waals surface area contributed by atoms with E-state index in [1.807, 2.05) is 0 Å². The van der Waals surface area contributed by atoms with Gasteiger partial charge in [-0.1, -0.05) is 12.1 Å². The molecule has 1 aliphatic heterocycles. The Balaban J connectivity index is 2.62. The fourth-order valence-electron chi connectivity index (χ4n) is 3.01. The second-order valence-electron chi connectivity index (χ2n) is 5.66. The van der Waals surface area contributed by atoms with Crippen LogP contribution < -0.4 is 5.32 Å². The van der Waals surface area contributed by atoms with Gasteiger partial charge in [0.25, 0.3) is 0 Å². The van der Waals surface area contributed by atoms with E-state index >= 15 is 0 Å². The van der Waals surface area contributed by atoms with Crippen molar-refractivity contribution in [3.63, 3.8) is 0 Å². The van der Waals surface area contributed by atoms with Crippen molar-refractivity contribution < 1.29 is 24.6 Å². The third kappa shape index (κ3) is 3.34. The maximum atomic E-state index is 11.7. The molecule has 2 rings (SSSR count). The van der Waals surface area contributed by atoms with E-state index in [1.54, 1.807) is 38.1 Å². The van der Waals surface area contributed by atoms with Crippen LogP contribution in [0.4, 0.5) is 5.69 Å². The molecule has 1 aromatic rings. The second kappa shape index (κ2) is 6.66. The van der Waals surface area contributed by atoms with Crippen molar-refractivity contribution in [2.24, 2.45) is 10.9 Å². The van der Waals surface area contributed by atoms with Crippen LogP contribution in [-0.4, -0.2) is 33.8 Å². The third-order valence-electron chi connectivity index (χ3n) is 3.89. The molecule has 0 aromatic heterocycles. The summed E-state index contributed by atoms with van der Waals surface area (Å²) in [6.07, 6.45) is 0. The first-order valence-electron chi connectivity index (χ1n) is 7.32. The summed E-state index contributed by atoms with van der Waals surface area (Å²) in [5, 5.41) is 21.7. The van der Waals surface area contributed by atoms with Gasteiger partial charge >= 0.3 is 11.9 Å². The Hall–Kier alpha value is -2.96. The lowest BCUT2D eigenvalue weighted by Gasteiger charge is -2.29. The Bertz CT molecular complexity index is 779. The number of anilines is 1. The zero-order chi connectivity index (χ0) is 18.0. The number of carbonyl (C=O) groups excluding carboxylic acids is 1. The zero-order valence-corrected chi connectivity index (χ0v) is 13.5. The number of rotatable bonds is 4. The van der Waals surface area contributed by atoms with Gasteiger partial charge in [0.2, 0.25) is 5.91 Å². The average molecular weight is 330 g/mol. The molecular weight excluding hydrogens is 312 g/mol. The van der Waals surface area contributed by atoms with Crippen LogP contribution in [0.3, 0.4) is 0 Å². The molecule has 3 N–H and O–H groups in total. The molecule has 0 radical (unpaired) electrons. The molecule has 7 heteroatoms. The monoisotopic (exact) mass is 330 g/mol. The third-order valence-corrected chi connectivity index (χ3v) is 3.89. The topological polar surface area (TPSA) is 116 Å². The smallest absolute Gasteiger partial charge is 0.334 e. The van der Waals surface area contributed by atoms with E-state index in [9.17, 15) is 24.6 Å². The molecule has 7 nitrogen and oxygen atoms in total. The molecule has 126 valence electrons. The number of carboxylic acid groups (broad SMARTS) is 2. The highest BCUT2D eigenvalue weighted by Gasteiger charge is 2.41. The summed E-state index contributed by atoms with van der Waals surface area (Å²) < 4.78 is 0. The van der Waals surface area contributed by atoms with Gasteiger partial charge < -0.3 is 15.5 Å². The number of hydrogen-bond acceptors (Lipinski definition) is 4. The first-order chi connectivity index (χ1) is 11.2. The summed E-state index contributed by atoms with van der Waals surface area (Å²) in [6.45, 7) is 4.48. The van der Waals surface area contributed by atoms with Gasteiger partial charge in [0, 0.05) is 29.9 Å². The molecule has 0 aliphatic carbocycles. The lowest BCUT2D eigenvalue weighted by Crippen LogP contribution is -2.34. The number of benzene rings is 1. The van der Waals surface area contributed by atoms with E-state index in [2.05, 4.69) is 10.3 Å².